The Kier molecular flexibility index (Phi) is 8.35. The summed E-state index contributed by atoms with van der Waals surface area (Å²) in [5, 5.41) is 13.8. The molecule has 170 valence electrons. The van der Waals surface area contributed by atoms with E-state index in [1.165, 1.54) is 13.2 Å². The summed E-state index contributed by atoms with van der Waals surface area (Å²) in [5.41, 5.74) is 5.80. The lowest BCUT2D eigenvalue weighted by Crippen LogP contribution is -2.04. The number of halogens is 2. The van der Waals surface area contributed by atoms with E-state index in [9.17, 15) is 9.65 Å². The van der Waals surface area contributed by atoms with E-state index in [1.54, 1.807) is 49.7 Å². The van der Waals surface area contributed by atoms with Crippen molar-refractivity contribution in [3.05, 3.63) is 80.7 Å². The Labute approximate surface area is 200 Å². The molecule has 1 heterocycles. The number of aryl methyl sites for hydroxylation is 1. The fourth-order valence-electron chi connectivity index (χ4n) is 3.07. The molecule has 2 aromatic carbocycles. The van der Waals surface area contributed by atoms with Crippen LogP contribution < -0.4 is 14.9 Å². The third kappa shape index (κ3) is 6.06. The van der Waals surface area contributed by atoms with Crippen LogP contribution in [0.3, 0.4) is 0 Å². The molecule has 0 atom stereocenters. The number of hydrazone groups is 1. The maximum absolute atomic E-state index is 13.9. The second-order valence-electron chi connectivity index (χ2n) is 6.97. The number of hydrogen-bond acceptors (Lipinski definition) is 7. The number of nitrogens with zero attached hydrogens (tertiary/aromatic N) is 3. The van der Waals surface area contributed by atoms with Gasteiger partial charge in [0.25, 0.3) is 0 Å². The van der Waals surface area contributed by atoms with E-state index in [1.807, 2.05) is 6.92 Å². The molecular weight excluding hydrogens is 491 g/mol. The maximum Gasteiger partial charge on any atom is 0.164 e. The van der Waals surface area contributed by atoms with Crippen LogP contribution in [0.25, 0.3) is 0 Å². The largest absolute Gasteiger partial charge is 0.493 e. The molecular formula is C24H22BrFN4O3. The van der Waals surface area contributed by atoms with Crippen molar-refractivity contribution in [1.29, 1.82) is 5.26 Å². The van der Waals surface area contributed by atoms with Gasteiger partial charge in [0.05, 0.1) is 19.9 Å². The Balaban J connectivity index is 1.79. The second kappa shape index (κ2) is 11.4. The average Bonchev–Trinajstić information content (AvgIpc) is 2.80. The number of ether oxygens (including phenoxy) is 3. The van der Waals surface area contributed by atoms with Gasteiger partial charge in [-0.05, 0) is 47.1 Å². The molecule has 33 heavy (non-hydrogen) atoms. The van der Waals surface area contributed by atoms with E-state index in [4.69, 9.17) is 14.2 Å². The second-order valence-corrected chi connectivity index (χ2v) is 7.82. The van der Waals surface area contributed by atoms with Crippen molar-refractivity contribution in [2.24, 2.45) is 5.10 Å². The third-order valence-electron chi connectivity index (χ3n) is 4.64. The van der Waals surface area contributed by atoms with Crippen LogP contribution in [-0.4, -0.2) is 25.4 Å². The molecule has 7 nitrogen and oxygen atoms in total. The Morgan fingerprint density at radius 1 is 1.15 bits per heavy atom. The molecule has 0 aliphatic heterocycles. The number of rotatable bonds is 9. The van der Waals surface area contributed by atoms with Crippen molar-refractivity contribution in [2.45, 2.75) is 20.1 Å². The first-order valence-electron chi connectivity index (χ1n) is 9.89. The third-order valence-corrected chi connectivity index (χ3v) is 5.33. The minimum atomic E-state index is -0.333. The van der Waals surface area contributed by atoms with Gasteiger partial charge in [0.2, 0.25) is 0 Å². The monoisotopic (exact) mass is 512 g/mol. The van der Waals surface area contributed by atoms with Crippen molar-refractivity contribution in [3.63, 3.8) is 0 Å². The van der Waals surface area contributed by atoms with Crippen molar-refractivity contribution < 1.29 is 18.6 Å². The number of nitrogens with one attached hydrogen (secondary N) is 1. The first-order valence-corrected chi connectivity index (χ1v) is 10.7. The Hall–Kier alpha value is -3.48. The molecule has 3 aromatic rings. The topological polar surface area (TPSA) is 88.8 Å². The minimum Gasteiger partial charge on any atom is -0.493 e. The SMILES string of the molecule is COCc1cc(C)nc(NN=Cc2cc(OC)c(OCc3ccccc3F)cc2Br)c1C#N. The molecule has 0 aliphatic rings. The highest BCUT2D eigenvalue weighted by atomic mass is 79.9. The van der Waals surface area contributed by atoms with Gasteiger partial charge in [-0.3, -0.25) is 5.43 Å². The quantitative estimate of drug-likeness (QED) is 0.307. The van der Waals surface area contributed by atoms with Crippen LogP contribution in [0.4, 0.5) is 10.2 Å². The number of methoxy groups -OCH3 is 2. The van der Waals surface area contributed by atoms with Crippen LogP contribution in [0.1, 0.15) is 27.9 Å². The Morgan fingerprint density at radius 3 is 2.64 bits per heavy atom. The van der Waals surface area contributed by atoms with Gasteiger partial charge in [-0.15, -0.1) is 0 Å². The first kappa shape index (κ1) is 24.2. The zero-order valence-electron chi connectivity index (χ0n) is 18.4. The molecule has 3 rings (SSSR count). The summed E-state index contributed by atoms with van der Waals surface area (Å²) < 4.78 is 30.9. The minimum absolute atomic E-state index is 0.0598. The number of pyridine rings is 1. The fraction of sp³-hybridized carbons (Fsp3) is 0.208. The lowest BCUT2D eigenvalue weighted by atomic mass is 10.1. The molecule has 0 spiro atoms. The lowest BCUT2D eigenvalue weighted by Gasteiger charge is -2.13. The highest BCUT2D eigenvalue weighted by molar-refractivity contribution is 9.10. The predicted octanol–water partition coefficient (Wildman–Crippen LogP) is 5.34. The molecule has 0 saturated heterocycles. The number of nitriles is 1. The molecule has 0 saturated carbocycles. The molecule has 0 amide bonds. The van der Waals surface area contributed by atoms with Crippen LogP contribution in [0.2, 0.25) is 0 Å². The van der Waals surface area contributed by atoms with E-state index >= 15 is 0 Å². The number of anilines is 1. The maximum atomic E-state index is 13.9. The summed E-state index contributed by atoms with van der Waals surface area (Å²) in [5.74, 6) is 0.924. The van der Waals surface area contributed by atoms with Gasteiger partial charge in [-0.2, -0.15) is 10.4 Å². The van der Waals surface area contributed by atoms with Gasteiger partial charge in [-0.25, -0.2) is 9.37 Å². The summed E-state index contributed by atoms with van der Waals surface area (Å²) in [4.78, 5) is 4.36. The van der Waals surface area contributed by atoms with Crippen molar-refractivity contribution in [3.8, 4) is 17.6 Å². The lowest BCUT2D eigenvalue weighted by molar-refractivity contribution is 0.184. The molecule has 0 bridgehead atoms. The van der Waals surface area contributed by atoms with Gasteiger partial charge in [0.1, 0.15) is 24.1 Å². The van der Waals surface area contributed by atoms with E-state index in [0.717, 1.165) is 11.3 Å². The first-order chi connectivity index (χ1) is 16.0. The standard InChI is InChI=1S/C24H22BrFN4O3/c1-15-8-18(13-31-2)19(11-27)24(29-15)30-28-12-17-9-22(32-3)23(10-20(17)25)33-14-16-6-4-5-7-21(16)26/h4-10,12H,13-14H2,1-3H3,(H,29,30). The Bertz CT molecular complexity index is 1210. The van der Waals surface area contributed by atoms with E-state index in [2.05, 4.69) is 37.5 Å². The van der Waals surface area contributed by atoms with Crippen LogP contribution in [0.5, 0.6) is 11.5 Å². The highest BCUT2D eigenvalue weighted by Crippen LogP contribution is 2.33. The zero-order valence-corrected chi connectivity index (χ0v) is 19.9. The molecule has 1 aromatic heterocycles. The van der Waals surface area contributed by atoms with Crippen LogP contribution in [-0.2, 0) is 18.0 Å². The van der Waals surface area contributed by atoms with E-state index in [0.29, 0.717) is 45.1 Å². The summed E-state index contributed by atoms with van der Waals surface area (Å²) in [6.07, 6.45) is 1.56. The van der Waals surface area contributed by atoms with E-state index < -0.39 is 0 Å². The van der Waals surface area contributed by atoms with Crippen LogP contribution in [0, 0.1) is 24.1 Å². The Morgan fingerprint density at radius 2 is 1.94 bits per heavy atom. The van der Waals surface area contributed by atoms with Gasteiger partial charge in [-0.1, -0.05) is 18.2 Å². The van der Waals surface area contributed by atoms with Gasteiger partial charge < -0.3 is 14.2 Å². The van der Waals surface area contributed by atoms with Crippen LogP contribution in [0.15, 0.2) is 52.0 Å². The van der Waals surface area contributed by atoms with Crippen molar-refractivity contribution in [1.82, 2.24) is 4.98 Å². The molecule has 0 radical (unpaired) electrons. The fourth-order valence-corrected chi connectivity index (χ4v) is 3.50. The summed E-state index contributed by atoms with van der Waals surface area (Å²) in [6.45, 7) is 2.18. The summed E-state index contributed by atoms with van der Waals surface area (Å²) in [6, 6.07) is 13.8. The highest BCUT2D eigenvalue weighted by Gasteiger charge is 2.13. The molecule has 0 unspecified atom stereocenters. The zero-order chi connectivity index (χ0) is 23.8. The average molecular weight is 513 g/mol. The summed E-state index contributed by atoms with van der Waals surface area (Å²) in [7, 11) is 3.09. The molecule has 1 N–H and O–H groups in total. The van der Waals surface area contributed by atoms with Gasteiger partial charge in [0.15, 0.2) is 17.3 Å². The van der Waals surface area contributed by atoms with Crippen molar-refractivity contribution >= 4 is 28.0 Å². The predicted molar refractivity (Wildman–Crippen MR) is 127 cm³/mol. The number of aromatic nitrogens is 1. The van der Waals surface area contributed by atoms with Gasteiger partial charge >= 0.3 is 0 Å². The molecule has 0 aliphatic carbocycles. The molecule has 9 heteroatoms. The number of benzene rings is 2. The number of hydrogen-bond donors (Lipinski definition) is 1. The normalized spacial score (nSPS) is 10.8. The van der Waals surface area contributed by atoms with E-state index in [-0.39, 0.29) is 12.4 Å². The van der Waals surface area contributed by atoms with Crippen LogP contribution >= 0.6 is 15.9 Å². The van der Waals surface area contributed by atoms with Gasteiger partial charge in [0, 0.05) is 34.0 Å². The smallest absolute Gasteiger partial charge is 0.164 e. The summed E-state index contributed by atoms with van der Waals surface area (Å²) >= 11 is 3.50. The van der Waals surface area contributed by atoms with Crippen molar-refractivity contribution in [2.75, 3.05) is 19.6 Å². The molecule has 0 fully saturated rings.